The highest BCUT2D eigenvalue weighted by molar-refractivity contribution is 7.89. The van der Waals surface area contributed by atoms with Crippen LogP contribution in [-0.4, -0.2) is 35.6 Å². The summed E-state index contributed by atoms with van der Waals surface area (Å²) in [6.45, 7) is 5.63. The lowest BCUT2D eigenvalue weighted by atomic mass is 9.96. The molecule has 1 heterocycles. The van der Waals surface area contributed by atoms with Crippen LogP contribution < -0.4 is 0 Å². The third kappa shape index (κ3) is 3.63. The number of fused-ring (bicyclic) bond motifs is 1. The molecule has 0 saturated heterocycles. The molecule has 0 saturated carbocycles. The van der Waals surface area contributed by atoms with Crippen LogP contribution in [0.1, 0.15) is 31.9 Å². The zero-order valence-corrected chi connectivity index (χ0v) is 13.4. The molecule has 0 amide bonds. The first-order valence-electron chi connectivity index (χ1n) is 6.89. The van der Waals surface area contributed by atoms with Crippen molar-refractivity contribution in [2.45, 2.75) is 39.8 Å². The maximum atomic E-state index is 12.6. The fourth-order valence-electron chi connectivity index (χ4n) is 2.63. The van der Waals surface area contributed by atoms with Gasteiger partial charge in [-0.1, -0.05) is 45.0 Å². The highest BCUT2D eigenvalue weighted by Crippen LogP contribution is 2.28. The van der Waals surface area contributed by atoms with Gasteiger partial charge in [0.25, 0.3) is 0 Å². The number of hydrogen-bond acceptors (Lipinski definition) is 3. The summed E-state index contributed by atoms with van der Waals surface area (Å²) in [5.41, 5.74) is 1.37. The average molecular weight is 311 g/mol. The second-order valence-corrected chi connectivity index (χ2v) is 8.61. The van der Waals surface area contributed by atoms with Crippen molar-refractivity contribution in [1.29, 1.82) is 0 Å². The summed E-state index contributed by atoms with van der Waals surface area (Å²) >= 11 is 0. The normalized spacial score (nSPS) is 20.0. The molecule has 1 N–H and O–H groups in total. The zero-order valence-electron chi connectivity index (χ0n) is 12.5. The van der Waals surface area contributed by atoms with Gasteiger partial charge in [-0.15, -0.1) is 0 Å². The van der Waals surface area contributed by atoms with E-state index in [1.165, 1.54) is 0 Å². The summed E-state index contributed by atoms with van der Waals surface area (Å²) in [4.78, 5) is 11.5. The lowest BCUT2D eigenvalue weighted by Gasteiger charge is -2.35. The Kier molecular flexibility index (Phi) is 4.13. The summed E-state index contributed by atoms with van der Waals surface area (Å²) < 4.78 is 26.3. The Morgan fingerprint density at radius 3 is 2.38 bits per heavy atom. The molecule has 21 heavy (non-hydrogen) atoms. The van der Waals surface area contributed by atoms with Crippen LogP contribution in [0.5, 0.6) is 0 Å². The summed E-state index contributed by atoms with van der Waals surface area (Å²) in [5.74, 6) is -1.16. The molecule has 0 aromatic heterocycles. The minimum absolute atomic E-state index is 0.0635. The van der Waals surface area contributed by atoms with Crippen LogP contribution >= 0.6 is 0 Å². The number of carboxylic acids is 1. The Morgan fingerprint density at radius 1 is 1.29 bits per heavy atom. The van der Waals surface area contributed by atoms with Crippen LogP contribution in [0.2, 0.25) is 0 Å². The Balaban J connectivity index is 2.39. The number of hydrogen-bond donors (Lipinski definition) is 1. The van der Waals surface area contributed by atoms with Crippen LogP contribution in [0.3, 0.4) is 0 Å². The van der Waals surface area contributed by atoms with Gasteiger partial charge < -0.3 is 5.11 Å². The monoisotopic (exact) mass is 311 g/mol. The van der Waals surface area contributed by atoms with Gasteiger partial charge in [-0.3, -0.25) is 4.79 Å². The van der Waals surface area contributed by atoms with Crippen molar-refractivity contribution in [2.75, 3.05) is 5.75 Å². The predicted molar refractivity (Wildman–Crippen MR) is 80.4 cm³/mol. The molecule has 1 unspecified atom stereocenters. The topological polar surface area (TPSA) is 74.7 Å². The fraction of sp³-hybridized carbons (Fsp3) is 0.533. The van der Waals surface area contributed by atoms with E-state index in [1.807, 2.05) is 45.0 Å². The summed E-state index contributed by atoms with van der Waals surface area (Å²) in [5, 5.41) is 9.39. The minimum Gasteiger partial charge on any atom is -0.480 e. The molecular weight excluding hydrogens is 290 g/mol. The van der Waals surface area contributed by atoms with Crippen molar-refractivity contribution in [3.63, 3.8) is 0 Å². The van der Waals surface area contributed by atoms with Gasteiger partial charge in [-0.2, -0.15) is 4.31 Å². The van der Waals surface area contributed by atoms with Crippen LogP contribution in [0, 0.1) is 5.41 Å². The van der Waals surface area contributed by atoms with Crippen molar-refractivity contribution < 1.29 is 18.3 Å². The van der Waals surface area contributed by atoms with E-state index < -0.39 is 27.4 Å². The molecule has 1 atom stereocenters. The van der Waals surface area contributed by atoms with Crippen molar-refractivity contribution in [1.82, 2.24) is 4.31 Å². The van der Waals surface area contributed by atoms with Gasteiger partial charge in [0.1, 0.15) is 6.04 Å². The number of rotatable bonds is 3. The largest absolute Gasteiger partial charge is 0.480 e. The smallest absolute Gasteiger partial charge is 0.322 e. The molecule has 1 aliphatic rings. The highest BCUT2D eigenvalue weighted by atomic mass is 32.2. The average Bonchev–Trinajstić information content (AvgIpc) is 2.34. The van der Waals surface area contributed by atoms with Crippen LogP contribution in [0.15, 0.2) is 24.3 Å². The first kappa shape index (κ1) is 16.0. The number of carbonyl (C=O) groups is 1. The predicted octanol–water partition coefficient (Wildman–Crippen LogP) is 1.87. The van der Waals surface area contributed by atoms with E-state index in [2.05, 4.69) is 0 Å². The van der Waals surface area contributed by atoms with Gasteiger partial charge in [0.15, 0.2) is 0 Å². The van der Waals surface area contributed by atoms with Gasteiger partial charge in [0.05, 0.1) is 5.75 Å². The maximum absolute atomic E-state index is 12.6. The lowest BCUT2D eigenvalue weighted by molar-refractivity contribution is -0.141. The molecule has 1 aromatic rings. The van der Waals surface area contributed by atoms with Gasteiger partial charge in [0, 0.05) is 13.0 Å². The van der Waals surface area contributed by atoms with Gasteiger partial charge in [-0.25, -0.2) is 8.42 Å². The second-order valence-electron chi connectivity index (χ2n) is 6.69. The lowest BCUT2D eigenvalue weighted by Crippen LogP contribution is -2.50. The van der Waals surface area contributed by atoms with E-state index in [4.69, 9.17) is 0 Å². The molecular formula is C15H21NO4S. The number of benzene rings is 1. The molecule has 0 spiro atoms. The summed E-state index contributed by atoms with van der Waals surface area (Å²) in [7, 11) is -3.63. The summed E-state index contributed by atoms with van der Waals surface area (Å²) in [6, 6.07) is 6.38. The maximum Gasteiger partial charge on any atom is 0.322 e. The quantitative estimate of drug-likeness (QED) is 0.925. The van der Waals surface area contributed by atoms with Crippen molar-refractivity contribution in [3.8, 4) is 0 Å². The molecule has 0 bridgehead atoms. The van der Waals surface area contributed by atoms with Gasteiger partial charge in [-0.05, 0) is 16.5 Å². The highest BCUT2D eigenvalue weighted by Gasteiger charge is 2.40. The second kappa shape index (κ2) is 5.42. The Hall–Kier alpha value is -1.40. The van der Waals surface area contributed by atoms with Gasteiger partial charge >= 0.3 is 5.97 Å². The van der Waals surface area contributed by atoms with Crippen molar-refractivity contribution in [3.05, 3.63) is 35.4 Å². The van der Waals surface area contributed by atoms with E-state index in [0.29, 0.717) is 0 Å². The van der Waals surface area contributed by atoms with Crippen molar-refractivity contribution >= 4 is 16.0 Å². The van der Waals surface area contributed by atoms with E-state index in [9.17, 15) is 18.3 Å². The molecule has 0 fully saturated rings. The standard InChI is InChI=1S/C15H21NO4S/c1-15(2,3)10-21(19,20)16-9-12-7-5-4-6-11(12)8-13(16)14(17)18/h4-7,13H,8-10H2,1-3H3,(H,17,18). The zero-order chi connectivity index (χ0) is 15.8. The fourth-order valence-corrected chi connectivity index (χ4v) is 4.78. The Bertz CT molecular complexity index is 646. The molecule has 1 aliphatic heterocycles. The molecule has 5 nitrogen and oxygen atoms in total. The van der Waals surface area contributed by atoms with Crippen LogP contribution in [-0.2, 0) is 27.8 Å². The number of aliphatic carboxylic acids is 1. The first-order chi connectivity index (χ1) is 9.60. The molecule has 6 heteroatoms. The van der Waals surface area contributed by atoms with Crippen molar-refractivity contribution in [2.24, 2.45) is 5.41 Å². The van der Waals surface area contributed by atoms with E-state index in [0.717, 1.165) is 15.4 Å². The molecule has 116 valence electrons. The Labute approximate surface area is 125 Å². The number of carboxylic acid groups (broad SMARTS) is 1. The Morgan fingerprint density at radius 2 is 1.86 bits per heavy atom. The van der Waals surface area contributed by atoms with E-state index >= 15 is 0 Å². The molecule has 0 aliphatic carbocycles. The first-order valence-corrected chi connectivity index (χ1v) is 8.50. The summed E-state index contributed by atoms with van der Waals surface area (Å²) in [6.07, 6.45) is 0.217. The van der Waals surface area contributed by atoms with Crippen LogP contribution in [0.4, 0.5) is 0 Å². The SMILES string of the molecule is CC(C)(C)CS(=O)(=O)N1Cc2ccccc2CC1C(=O)O. The van der Waals surface area contributed by atoms with E-state index in [1.54, 1.807) is 0 Å². The van der Waals surface area contributed by atoms with Gasteiger partial charge in [0.2, 0.25) is 10.0 Å². The number of sulfonamides is 1. The third-order valence-electron chi connectivity index (χ3n) is 3.46. The minimum atomic E-state index is -3.63. The van der Waals surface area contributed by atoms with Crippen LogP contribution in [0.25, 0.3) is 0 Å². The molecule has 0 radical (unpaired) electrons. The van der Waals surface area contributed by atoms with E-state index in [-0.39, 0.29) is 18.7 Å². The molecule has 1 aromatic carbocycles. The third-order valence-corrected chi connectivity index (χ3v) is 5.79. The molecule has 2 rings (SSSR count). The number of nitrogens with zero attached hydrogens (tertiary/aromatic N) is 1.